The van der Waals surface area contributed by atoms with Gasteiger partial charge in [0.1, 0.15) is 11.5 Å². The van der Waals surface area contributed by atoms with Crippen LogP contribution in [0.5, 0.6) is 0 Å². The Morgan fingerprint density at radius 3 is 2.80 bits per heavy atom. The van der Waals surface area contributed by atoms with Crippen molar-refractivity contribution in [1.82, 2.24) is 0 Å². The minimum Gasteiger partial charge on any atom is -0.361 e. The number of rotatable bonds is 3. The van der Waals surface area contributed by atoms with Crippen molar-refractivity contribution >= 4 is 11.4 Å². The van der Waals surface area contributed by atoms with E-state index in [-0.39, 0.29) is 24.2 Å². The molecule has 1 aromatic rings. The van der Waals surface area contributed by atoms with E-state index in [1.165, 1.54) is 0 Å². The standard InChI is InChI=1S/C13H17F2N3O2/c1-8-3-2-4-17(12(8)7-16)11-6-9(14)5-10(15)13(11)18(19)20/h5-6,8,12H,2-4,7,16H2,1H3. The molecule has 1 saturated heterocycles. The van der Waals surface area contributed by atoms with E-state index in [1.54, 1.807) is 4.90 Å². The first-order valence-electron chi connectivity index (χ1n) is 6.55. The average molecular weight is 285 g/mol. The molecule has 2 rings (SSSR count). The third-order valence-corrected chi connectivity index (χ3v) is 3.86. The highest BCUT2D eigenvalue weighted by Crippen LogP contribution is 2.36. The van der Waals surface area contributed by atoms with Gasteiger partial charge in [0.25, 0.3) is 0 Å². The summed E-state index contributed by atoms with van der Waals surface area (Å²) in [7, 11) is 0. The summed E-state index contributed by atoms with van der Waals surface area (Å²) in [6.07, 6.45) is 1.76. The molecule has 2 atom stereocenters. The maximum atomic E-state index is 13.7. The van der Waals surface area contributed by atoms with Crippen LogP contribution in [0.25, 0.3) is 0 Å². The summed E-state index contributed by atoms with van der Waals surface area (Å²) < 4.78 is 27.1. The number of nitrogens with zero attached hydrogens (tertiary/aromatic N) is 2. The van der Waals surface area contributed by atoms with Gasteiger partial charge in [-0.1, -0.05) is 6.92 Å². The summed E-state index contributed by atoms with van der Waals surface area (Å²) >= 11 is 0. The molecule has 1 aromatic carbocycles. The van der Waals surface area contributed by atoms with Crippen molar-refractivity contribution in [2.75, 3.05) is 18.0 Å². The second-order valence-corrected chi connectivity index (χ2v) is 5.13. The van der Waals surface area contributed by atoms with Crippen LogP contribution in [-0.2, 0) is 0 Å². The molecule has 20 heavy (non-hydrogen) atoms. The highest BCUT2D eigenvalue weighted by molar-refractivity contribution is 5.65. The Hall–Kier alpha value is -1.76. The Morgan fingerprint density at radius 1 is 1.50 bits per heavy atom. The molecule has 2 N–H and O–H groups in total. The topological polar surface area (TPSA) is 72.4 Å². The Morgan fingerprint density at radius 2 is 2.20 bits per heavy atom. The maximum absolute atomic E-state index is 13.7. The van der Waals surface area contributed by atoms with Crippen molar-refractivity contribution in [2.45, 2.75) is 25.8 Å². The second-order valence-electron chi connectivity index (χ2n) is 5.13. The van der Waals surface area contributed by atoms with E-state index in [9.17, 15) is 18.9 Å². The van der Waals surface area contributed by atoms with Gasteiger partial charge in [-0.25, -0.2) is 4.39 Å². The highest BCUT2D eigenvalue weighted by atomic mass is 19.1. The van der Waals surface area contributed by atoms with E-state index >= 15 is 0 Å². The fourth-order valence-electron chi connectivity index (χ4n) is 2.86. The van der Waals surface area contributed by atoms with Crippen LogP contribution in [0.3, 0.4) is 0 Å². The van der Waals surface area contributed by atoms with E-state index in [1.807, 2.05) is 6.92 Å². The Bertz CT molecular complexity index is 525. The molecule has 1 aliphatic heterocycles. The summed E-state index contributed by atoms with van der Waals surface area (Å²) in [4.78, 5) is 11.9. The summed E-state index contributed by atoms with van der Waals surface area (Å²) in [6, 6.07) is 1.40. The van der Waals surface area contributed by atoms with Gasteiger partial charge in [0.15, 0.2) is 0 Å². The molecule has 1 aliphatic rings. The molecule has 5 nitrogen and oxygen atoms in total. The monoisotopic (exact) mass is 285 g/mol. The lowest BCUT2D eigenvalue weighted by Crippen LogP contribution is -2.49. The number of nitro benzene ring substituents is 1. The van der Waals surface area contributed by atoms with E-state index in [4.69, 9.17) is 5.73 Å². The lowest BCUT2D eigenvalue weighted by Gasteiger charge is -2.40. The van der Waals surface area contributed by atoms with Gasteiger partial charge in [0, 0.05) is 31.3 Å². The molecule has 1 fully saturated rings. The number of anilines is 1. The summed E-state index contributed by atoms with van der Waals surface area (Å²) in [6.45, 7) is 2.79. The van der Waals surface area contributed by atoms with E-state index in [0.717, 1.165) is 18.9 Å². The van der Waals surface area contributed by atoms with Gasteiger partial charge in [-0.15, -0.1) is 0 Å². The third-order valence-electron chi connectivity index (χ3n) is 3.86. The van der Waals surface area contributed by atoms with Crippen molar-refractivity contribution in [3.05, 3.63) is 33.9 Å². The van der Waals surface area contributed by atoms with Crippen molar-refractivity contribution in [2.24, 2.45) is 11.7 Å². The zero-order chi connectivity index (χ0) is 14.9. The molecule has 7 heteroatoms. The van der Waals surface area contributed by atoms with Crippen LogP contribution >= 0.6 is 0 Å². The minimum absolute atomic E-state index is 0.0190. The first-order valence-corrected chi connectivity index (χ1v) is 6.55. The Kier molecular flexibility index (Phi) is 4.17. The molecule has 0 radical (unpaired) electrons. The molecule has 0 bridgehead atoms. The number of piperidine rings is 1. The predicted molar refractivity (Wildman–Crippen MR) is 71.6 cm³/mol. The van der Waals surface area contributed by atoms with Gasteiger partial charge in [-0.3, -0.25) is 10.1 Å². The van der Waals surface area contributed by atoms with Gasteiger partial charge in [0.05, 0.1) is 4.92 Å². The van der Waals surface area contributed by atoms with Crippen molar-refractivity contribution < 1.29 is 13.7 Å². The minimum atomic E-state index is -1.15. The van der Waals surface area contributed by atoms with Crippen LogP contribution in [0.2, 0.25) is 0 Å². The van der Waals surface area contributed by atoms with Gasteiger partial charge in [-0.05, 0) is 18.8 Å². The lowest BCUT2D eigenvalue weighted by atomic mass is 9.90. The van der Waals surface area contributed by atoms with Crippen LogP contribution < -0.4 is 10.6 Å². The molecule has 0 aliphatic carbocycles. The number of hydrogen-bond donors (Lipinski definition) is 1. The maximum Gasteiger partial charge on any atom is 0.328 e. The van der Waals surface area contributed by atoms with Crippen LogP contribution in [0.4, 0.5) is 20.2 Å². The molecule has 0 spiro atoms. The molecule has 0 aromatic heterocycles. The van der Waals surface area contributed by atoms with E-state index in [0.29, 0.717) is 12.6 Å². The number of nitro groups is 1. The molecule has 0 saturated carbocycles. The van der Waals surface area contributed by atoms with Crippen molar-refractivity contribution in [3.63, 3.8) is 0 Å². The predicted octanol–water partition coefficient (Wildman–Crippen LogP) is 2.44. The van der Waals surface area contributed by atoms with Gasteiger partial charge in [-0.2, -0.15) is 4.39 Å². The number of hydrogen-bond acceptors (Lipinski definition) is 4. The summed E-state index contributed by atoms with van der Waals surface area (Å²) in [5.74, 6) is -1.75. The van der Waals surface area contributed by atoms with Gasteiger partial charge in [0.2, 0.25) is 5.82 Å². The molecular formula is C13H17F2N3O2. The molecule has 110 valence electrons. The number of benzene rings is 1. The van der Waals surface area contributed by atoms with E-state index in [2.05, 4.69) is 0 Å². The molecule has 2 unspecified atom stereocenters. The fraction of sp³-hybridized carbons (Fsp3) is 0.538. The third kappa shape index (κ3) is 2.58. The van der Waals surface area contributed by atoms with Crippen LogP contribution in [0.15, 0.2) is 12.1 Å². The lowest BCUT2D eigenvalue weighted by molar-refractivity contribution is -0.386. The Labute approximate surface area is 115 Å². The zero-order valence-corrected chi connectivity index (χ0v) is 11.2. The second kappa shape index (κ2) is 5.70. The first-order chi connectivity index (χ1) is 9.45. The SMILES string of the molecule is CC1CCCN(c2cc(F)cc(F)c2[N+](=O)[O-])C1CN. The molecule has 1 heterocycles. The summed E-state index contributed by atoms with van der Waals surface area (Å²) in [5.41, 5.74) is 5.02. The average Bonchev–Trinajstić information content (AvgIpc) is 2.36. The summed E-state index contributed by atoms with van der Waals surface area (Å²) in [5, 5.41) is 11.1. The fourth-order valence-corrected chi connectivity index (χ4v) is 2.86. The smallest absolute Gasteiger partial charge is 0.328 e. The van der Waals surface area contributed by atoms with Crippen molar-refractivity contribution in [1.29, 1.82) is 0 Å². The number of nitrogens with two attached hydrogens (primary N) is 1. The molecular weight excluding hydrogens is 268 g/mol. The van der Waals surface area contributed by atoms with Crippen LogP contribution in [0, 0.1) is 27.7 Å². The van der Waals surface area contributed by atoms with Crippen molar-refractivity contribution in [3.8, 4) is 0 Å². The van der Waals surface area contributed by atoms with Crippen LogP contribution in [-0.4, -0.2) is 24.1 Å². The normalized spacial score (nSPS) is 22.9. The quantitative estimate of drug-likeness (QED) is 0.684. The Balaban J connectivity index is 2.52. The van der Waals surface area contributed by atoms with Gasteiger partial charge >= 0.3 is 5.69 Å². The number of halogens is 2. The largest absolute Gasteiger partial charge is 0.361 e. The van der Waals surface area contributed by atoms with E-state index < -0.39 is 22.2 Å². The van der Waals surface area contributed by atoms with Crippen LogP contribution in [0.1, 0.15) is 19.8 Å². The van der Waals surface area contributed by atoms with Gasteiger partial charge < -0.3 is 10.6 Å². The molecule has 0 amide bonds. The zero-order valence-electron chi connectivity index (χ0n) is 11.2. The first kappa shape index (κ1) is 14.6. The highest BCUT2D eigenvalue weighted by Gasteiger charge is 2.33.